The molecular weight excluding hydrogens is 222 g/mol. The highest BCUT2D eigenvalue weighted by Gasteiger charge is 2.08. The quantitative estimate of drug-likeness (QED) is 0.855. The lowest BCUT2D eigenvalue weighted by molar-refractivity contribution is 0.603. The molecule has 0 aromatic heterocycles. The summed E-state index contributed by atoms with van der Waals surface area (Å²) in [4.78, 5) is 0. The maximum Gasteiger partial charge on any atom is 0.177 e. The Morgan fingerprint density at radius 2 is 1.94 bits per heavy atom. The molecule has 16 heavy (non-hydrogen) atoms. The summed E-state index contributed by atoms with van der Waals surface area (Å²) in [6.07, 6.45) is 0. The van der Waals surface area contributed by atoms with E-state index in [0.29, 0.717) is 5.70 Å². The van der Waals surface area contributed by atoms with Crippen molar-refractivity contribution in [3.05, 3.63) is 47.0 Å². The standard InChI is InChI=1S/C12H17NO2S/c1-3-13-11(2)9-16(14,15)10-12-7-5-4-6-8-12/h4-9,13H,3,10H2,1-2H3. The van der Waals surface area contributed by atoms with Crippen LogP contribution in [0.1, 0.15) is 19.4 Å². The second-order valence-corrected chi connectivity index (χ2v) is 5.47. The van der Waals surface area contributed by atoms with Crippen LogP contribution >= 0.6 is 0 Å². The predicted molar refractivity (Wildman–Crippen MR) is 66.5 cm³/mol. The largest absolute Gasteiger partial charge is 0.388 e. The summed E-state index contributed by atoms with van der Waals surface area (Å²) in [7, 11) is -3.18. The lowest BCUT2D eigenvalue weighted by atomic mass is 10.2. The third kappa shape index (κ3) is 4.49. The number of hydrogen-bond acceptors (Lipinski definition) is 3. The minimum atomic E-state index is -3.18. The molecule has 1 rings (SSSR count). The van der Waals surface area contributed by atoms with E-state index < -0.39 is 9.84 Å². The van der Waals surface area contributed by atoms with E-state index in [4.69, 9.17) is 0 Å². The van der Waals surface area contributed by atoms with Crippen LogP contribution in [-0.2, 0) is 15.6 Å². The van der Waals surface area contributed by atoms with Gasteiger partial charge in [-0.3, -0.25) is 0 Å². The number of rotatable bonds is 5. The van der Waals surface area contributed by atoms with Gasteiger partial charge in [0.15, 0.2) is 9.84 Å². The van der Waals surface area contributed by atoms with Gasteiger partial charge in [-0.25, -0.2) is 8.42 Å². The first-order valence-corrected chi connectivity index (χ1v) is 6.94. The molecule has 0 saturated heterocycles. The summed E-state index contributed by atoms with van der Waals surface area (Å²) in [6.45, 7) is 4.41. The van der Waals surface area contributed by atoms with Gasteiger partial charge in [-0.2, -0.15) is 0 Å². The molecule has 0 bridgehead atoms. The van der Waals surface area contributed by atoms with Gasteiger partial charge in [0, 0.05) is 17.6 Å². The third-order valence-corrected chi connectivity index (χ3v) is 3.47. The van der Waals surface area contributed by atoms with Gasteiger partial charge in [0.25, 0.3) is 0 Å². The van der Waals surface area contributed by atoms with Crippen molar-refractivity contribution in [2.24, 2.45) is 0 Å². The highest BCUT2D eigenvalue weighted by atomic mass is 32.2. The van der Waals surface area contributed by atoms with Crippen LogP contribution in [0.4, 0.5) is 0 Å². The summed E-state index contributed by atoms with van der Waals surface area (Å²) < 4.78 is 23.5. The van der Waals surface area contributed by atoms with Crippen molar-refractivity contribution in [1.82, 2.24) is 5.32 Å². The molecular formula is C12H17NO2S. The maximum atomic E-state index is 11.8. The Morgan fingerprint density at radius 1 is 1.31 bits per heavy atom. The van der Waals surface area contributed by atoms with Gasteiger partial charge in [-0.05, 0) is 19.4 Å². The molecule has 0 aliphatic rings. The molecule has 0 radical (unpaired) electrons. The predicted octanol–water partition coefficient (Wildman–Crippen LogP) is 2.07. The van der Waals surface area contributed by atoms with E-state index in [-0.39, 0.29) is 5.75 Å². The first kappa shape index (κ1) is 12.8. The van der Waals surface area contributed by atoms with Crippen molar-refractivity contribution >= 4 is 9.84 Å². The van der Waals surface area contributed by atoms with Crippen molar-refractivity contribution in [2.75, 3.05) is 6.54 Å². The summed E-state index contributed by atoms with van der Waals surface area (Å²) in [5.41, 5.74) is 1.49. The first-order chi connectivity index (χ1) is 7.53. The second-order valence-electron chi connectivity index (χ2n) is 3.62. The van der Waals surface area contributed by atoms with Gasteiger partial charge in [0.1, 0.15) is 0 Å². The third-order valence-electron chi connectivity index (χ3n) is 2.02. The summed E-state index contributed by atoms with van der Waals surface area (Å²) >= 11 is 0. The van der Waals surface area contributed by atoms with Crippen molar-refractivity contribution < 1.29 is 8.42 Å². The highest BCUT2D eigenvalue weighted by Crippen LogP contribution is 2.08. The molecule has 0 atom stereocenters. The molecule has 3 nitrogen and oxygen atoms in total. The molecule has 4 heteroatoms. The number of hydrogen-bond donors (Lipinski definition) is 1. The smallest absolute Gasteiger partial charge is 0.177 e. The van der Waals surface area contributed by atoms with E-state index in [0.717, 1.165) is 12.1 Å². The zero-order valence-electron chi connectivity index (χ0n) is 9.60. The van der Waals surface area contributed by atoms with Gasteiger partial charge in [0.05, 0.1) is 5.75 Å². The van der Waals surface area contributed by atoms with Gasteiger partial charge >= 0.3 is 0 Å². The van der Waals surface area contributed by atoms with Crippen molar-refractivity contribution in [3.63, 3.8) is 0 Å². The van der Waals surface area contributed by atoms with E-state index in [1.54, 1.807) is 6.92 Å². The SMILES string of the molecule is CCNC(C)=CS(=O)(=O)Cc1ccccc1. The van der Waals surface area contributed by atoms with Crippen molar-refractivity contribution in [2.45, 2.75) is 19.6 Å². The summed E-state index contributed by atoms with van der Waals surface area (Å²) in [5, 5.41) is 4.26. The van der Waals surface area contributed by atoms with E-state index in [1.807, 2.05) is 37.3 Å². The molecule has 1 aromatic carbocycles. The molecule has 0 fully saturated rings. The highest BCUT2D eigenvalue weighted by molar-refractivity contribution is 7.93. The van der Waals surface area contributed by atoms with Gasteiger partial charge in [-0.1, -0.05) is 30.3 Å². The molecule has 0 aliphatic carbocycles. The normalized spacial score (nSPS) is 12.5. The number of nitrogens with one attached hydrogen (secondary N) is 1. The first-order valence-electron chi connectivity index (χ1n) is 5.22. The van der Waals surface area contributed by atoms with Crippen LogP contribution in [0.25, 0.3) is 0 Å². The van der Waals surface area contributed by atoms with Crippen LogP contribution in [0.2, 0.25) is 0 Å². The van der Waals surface area contributed by atoms with Crippen molar-refractivity contribution in [1.29, 1.82) is 0 Å². The fraction of sp³-hybridized carbons (Fsp3) is 0.333. The van der Waals surface area contributed by atoms with Gasteiger partial charge in [0.2, 0.25) is 0 Å². The fourth-order valence-electron chi connectivity index (χ4n) is 1.44. The van der Waals surface area contributed by atoms with E-state index in [1.165, 1.54) is 5.41 Å². The topological polar surface area (TPSA) is 46.2 Å². The summed E-state index contributed by atoms with van der Waals surface area (Å²) in [5.74, 6) is 0.0522. The second kappa shape index (κ2) is 5.70. The van der Waals surface area contributed by atoms with Crippen molar-refractivity contribution in [3.8, 4) is 0 Å². The Balaban J connectivity index is 2.77. The van der Waals surface area contributed by atoms with Crippen LogP contribution in [0.3, 0.4) is 0 Å². The van der Waals surface area contributed by atoms with Crippen LogP contribution in [0, 0.1) is 0 Å². The lowest BCUT2D eigenvalue weighted by Crippen LogP contribution is -2.12. The lowest BCUT2D eigenvalue weighted by Gasteiger charge is -2.04. The maximum absolute atomic E-state index is 11.8. The molecule has 0 unspecified atom stereocenters. The Bertz CT molecular complexity index is 449. The van der Waals surface area contributed by atoms with Gasteiger partial charge < -0.3 is 5.32 Å². The van der Waals surface area contributed by atoms with Crippen LogP contribution in [0.5, 0.6) is 0 Å². The molecule has 0 saturated carbocycles. The molecule has 0 spiro atoms. The zero-order valence-corrected chi connectivity index (χ0v) is 10.4. The van der Waals surface area contributed by atoms with E-state index in [2.05, 4.69) is 5.32 Å². The number of sulfone groups is 1. The minimum absolute atomic E-state index is 0.0522. The molecule has 88 valence electrons. The van der Waals surface area contributed by atoms with Gasteiger partial charge in [-0.15, -0.1) is 0 Å². The number of benzene rings is 1. The molecule has 1 N–H and O–H groups in total. The molecule has 0 aliphatic heterocycles. The molecule has 0 heterocycles. The van der Waals surface area contributed by atoms with Crippen LogP contribution in [-0.4, -0.2) is 15.0 Å². The average Bonchev–Trinajstić information content (AvgIpc) is 2.17. The molecule has 1 aromatic rings. The average molecular weight is 239 g/mol. The Hall–Kier alpha value is -1.29. The number of allylic oxidation sites excluding steroid dienone is 1. The Morgan fingerprint density at radius 3 is 2.50 bits per heavy atom. The zero-order chi connectivity index (χ0) is 12.0. The molecule has 0 amide bonds. The van der Waals surface area contributed by atoms with E-state index in [9.17, 15) is 8.42 Å². The monoisotopic (exact) mass is 239 g/mol. The van der Waals surface area contributed by atoms with E-state index >= 15 is 0 Å². The van der Waals surface area contributed by atoms with Crippen LogP contribution < -0.4 is 5.32 Å². The Kier molecular flexibility index (Phi) is 4.55. The van der Waals surface area contributed by atoms with Crippen LogP contribution in [0.15, 0.2) is 41.4 Å². The minimum Gasteiger partial charge on any atom is -0.388 e. The fourth-order valence-corrected chi connectivity index (χ4v) is 2.80. The summed E-state index contributed by atoms with van der Waals surface area (Å²) in [6, 6.07) is 9.18. The Labute approximate surface area is 97.1 Å².